The van der Waals surface area contributed by atoms with E-state index in [4.69, 9.17) is 5.26 Å². The number of hydrogen-bond donors (Lipinski definition) is 1. The predicted octanol–water partition coefficient (Wildman–Crippen LogP) is 0.816. The molecule has 5 heteroatoms. The second-order valence-corrected chi connectivity index (χ2v) is 2.13. The fraction of sp³-hybridized carbons (Fsp3) is 0.125. The number of rotatable bonds is 1. The fourth-order valence-corrected chi connectivity index (χ4v) is 0.682. The molecule has 2 aromatic rings. The molecule has 0 aliphatic heterocycles. The lowest BCUT2D eigenvalue weighted by Gasteiger charge is -1.85. The van der Waals surface area contributed by atoms with Gasteiger partial charge in [-0.05, 0) is 12.1 Å². The summed E-state index contributed by atoms with van der Waals surface area (Å²) >= 11 is 0. The molecule has 0 bridgehead atoms. The van der Waals surface area contributed by atoms with E-state index in [9.17, 15) is 0 Å². The van der Waals surface area contributed by atoms with Crippen LogP contribution in [0.2, 0.25) is 0 Å². The third kappa shape index (κ3) is 3.72. The van der Waals surface area contributed by atoms with E-state index in [1.54, 1.807) is 35.5 Å². The molecule has 0 spiro atoms. The zero-order valence-electron chi connectivity index (χ0n) is 6.96. The smallest absolute Gasteiger partial charge is 0.128 e. The monoisotopic (exact) mass is 175 g/mol. The van der Waals surface area contributed by atoms with Gasteiger partial charge in [0, 0.05) is 24.8 Å². The van der Waals surface area contributed by atoms with Gasteiger partial charge in [-0.15, -0.1) is 0 Å². The SMILES string of the molecule is N#CCn1cccn1.c1cn[nH]c1. The molecule has 0 saturated heterocycles. The Morgan fingerprint density at radius 1 is 1.38 bits per heavy atom. The predicted molar refractivity (Wildman–Crippen MR) is 46.4 cm³/mol. The number of aromatic amines is 1. The van der Waals surface area contributed by atoms with E-state index in [0.717, 1.165) is 0 Å². The molecular formula is C8H9N5. The zero-order valence-corrected chi connectivity index (χ0v) is 6.96. The molecule has 0 aliphatic carbocycles. The first-order valence-corrected chi connectivity index (χ1v) is 3.71. The third-order valence-electron chi connectivity index (χ3n) is 1.20. The van der Waals surface area contributed by atoms with Gasteiger partial charge in [0.15, 0.2) is 0 Å². The number of H-pyrrole nitrogens is 1. The first-order valence-electron chi connectivity index (χ1n) is 3.71. The minimum Gasteiger partial charge on any atom is -0.286 e. The average molecular weight is 175 g/mol. The summed E-state index contributed by atoms with van der Waals surface area (Å²) in [6.45, 7) is 0.340. The maximum absolute atomic E-state index is 8.13. The van der Waals surface area contributed by atoms with Crippen LogP contribution in [0.1, 0.15) is 0 Å². The topological polar surface area (TPSA) is 70.3 Å². The molecule has 0 atom stereocenters. The van der Waals surface area contributed by atoms with Gasteiger partial charge >= 0.3 is 0 Å². The number of nitrogens with zero attached hydrogens (tertiary/aromatic N) is 4. The molecule has 0 amide bonds. The van der Waals surface area contributed by atoms with Crippen molar-refractivity contribution in [1.29, 1.82) is 5.26 Å². The summed E-state index contributed by atoms with van der Waals surface area (Å²) in [5, 5.41) is 18.1. The van der Waals surface area contributed by atoms with E-state index < -0.39 is 0 Å². The highest BCUT2D eigenvalue weighted by Gasteiger charge is 1.81. The van der Waals surface area contributed by atoms with E-state index in [1.807, 2.05) is 12.1 Å². The van der Waals surface area contributed by atoms with Crippen molar-refractivity contribution >= 4 is 0 Å². The quantitative estimate of drug-likeness (QED) is 0.697. The van der Waals surface area contributed by atoms with E-state index in [0.29, 0.717) is 6.54 Å². The van der Waals surface area contributed by atoms with Crippen LogP contribution in [0.5, 0.6) is 0 Å². The van der Waals surface area contributed by atoms with Gasteiger partial charge in [-0.1, -0.05) is 0 Å². The van der Waals surface area contributed by atoms with Crippen LogP contribution in [0.3, 0.4) is 0 Å². The summed E-state index contributed by atoms with van der Waals surface area (Å²) in [6, 6.07) is 5.59. The van der Waals surface area contributed by atoms with Gasteiger partial charge in [0.25, 0.3) is 0 Å². The fourth-order valence-electron chi connectivity index (χ4n) is 0.682. The lowest BCUT2D eigenvalue weighted by molar-refractivity contribution is 0.710. The van der Waals surface area contributed by atoms with Crippen molar-refractivity contribution in [3.05, 3.63) is 36.9 Å². The van der Waals surface area contributed by atoms with Crippen molar-refractivity contribution < 1.29 is 0 Å². The molecule has 5 nitrogen and oxygen atoms in total. The summed E-state index contributed by atoms with van der Waals surface area (Å²) in [7, 11) is 0. The Hall–Kier alpha value is -2.09. The molecule has 0 radical (unpaired) electrons. The lowest BCUT2D eigenvalue weighted by atomic mass is 10.7. The highest BCUT2D eigenvalue weighted by Crippen LogP contribution is 1.80. The van der Waals surface area contributed by atoms with Crippen molar-refractivity contribution in [3.63, 3.8) is 0 Å². The maximum atomic E-state index is 8.13. The normalized spacial score (nSPS) is 8.23. The second-order valence-electron chi connectivity index (χ2n) is 2.13. The van der Waals surface area contributed by atoms with Gasteiger partial charge in [-0.25, -0.2) is 0 Å². The van der Waals surface area contributed by atoms with Crippen molar-refractivity contribution in [2.24, 2.45) is 0 Å². The Morgan fingerprint density at radius 3 is 2.69 bits per heavy atom. The summed E-state index contributed by atoms with van der Waals surface area (Å²) < 4.78 is 1.57. The van der Waals surface area contributed by atoms with E-state index in [2.05, 4.69) is 15.3 Å². The third-order valence-corrected chi connectivity index (χ3v) is 1.20. The highest BCUT2D eigenvalue weighted by atomic mass is 15.3. The Bertz CT molecular complexity index is 312. The summed E-state index contributed by atoms with van der Waals surface area (Å²) in [6.07, 6.45) is 6.86. The van der Waals surface area contributed by atoms with Crippen LogP contribution in [-0.2, 0) is 6.54 Å². The number of nitriles is 1. The minimum atomic E-state index is 0.340. The van der Waals surface area contributed by atoms with Gasteiger partial charge in [0.05, 0.1) is 6.07 Å². The van der Waals surface area contributed by atoms with Crippen molar-refractivity contribution in [2.45, 2.75) is 6.54 Å². The van der Waals surface area contributed by atoms with Crippen LogP contribution in [-0.4, -0.2) is 20.0 Å². The van der Waals surface area contributed by atoms with Gasteiger partial charge < -0.3 is 0 Å². The zero-order chi connectivity index (χ0) is 9.36. The molecule has 66 valence electrons. The molecule has 0 aromatic carbocycles. The molecular weight excluding hydrogens is 166 g/mol. The lowest BCUT2D eigenvalue weighted by Crippen LogP contribution is -1.93. The van der Waals surface area contributed by atoms with Crippen LogP contribution in [0.15, 0.2) is 36.9 Å². The van der Waals surface area contributed by atoms with Gasteiger partial charge in [-0.3, -0.25) is 9.78 Å². The summed E-state index contributed by atoms with van der Waals surface area (Å²) in [5.74, 6) is 0. The van der Waals surface area contributed by atoms with E-state index in [1.165, 1.54) is 0 Å². The number of aromatic nitrogens is 4. The first-order chi connectivity index (χ1) is 6.43. The highest BCUT2D eigenvalue weighted by molar-refractivity contribution is 4.81. The van der Waals surface area contributed by atoms with Crippen LogP contribution in [0.4, 0.5) is 0 Å². The van der Waals surface area contributed by atoms with Crippen molar-refractivity contribution in [1.82, 2.24) is 20.0 Å². The van der Waals surface area contributed by atoms with Crippen LogP contribution >= 0.6 is 0 Å². The largest absolute Gasteiger partial charge is 0.286 e. The minimum absolute atomic E-state index is 0.340. The molecule has 13 heavy (non-hydrogen) atoms. The Morgan fingerprint density at radius 2 is 2.31 bits per heavy atom. The molecule has 2 aromatic heterocycles. The van der Waals surface area contributed by atoms with Crippen LogP contribution < -0.4 is 0 Å². The van der Waals surface area contributed by atoms with E-state index >= 15 is 0 Å². The van der Waals surface area contributed by atoms with Crippen molar-refractivity contribution in [3.8, 4) is 6.07 Å². The molecule has 0 unspecified atom stereocenters. The van der Waals surface area contributed by atoms with Gasteiger partial charge in [0.2, 0.25) is 0 Å². The van der Waals surface area contributed by atoms with Crippen LogP contribution in [0, 0.1) is 11.3 Å². The standard InChI is InChI=1S/C5H5N3.C3H4N2/c6-2-5-8-4-1-3-7-8;1-2-4-5-3-1/h1,3-4H,5H2;1-3H,(H,4,5). The van der Waals surface area contributed by atoms with Gasteiger partial charge in [-0.2, -0.15) is 15.5 Å². The number of hydrogen-bond acceptors (Lipinski definition) is 3. The molecule has 2 rings (SSSR count). The molecule has 0 fully saturated rings. The second kappa shape index (κ2) is 5.55. The van der Waals surface area contributed by atoms with Crippen molar-refractivity contribution in [2.75, 3.05) is 0 Å². The Kier molecular flexibility index (Phi) is 3.84. The molecule has 1 N–H and O–H groups in total. The Balaban J connectivity index is 0.000000145. The summed E-state index contributed by atoms with van der Waals surface area (Å²) in [5.41, 5.74) is 0. The molecule has 0 saturated carbocycles. The first kappa shape index (κ1) is 9.00. The number of nitrogens with one attached hydrogen (secondary N) is 1. The maximum Gasteiger partial charge on any atom is 0.128 e. The van der Waals surface area contributed by atoms with Crippen LogP contribution in [0.25, 0.3) is 0 Å². The van der Waals surface area contributed by atoms with E-state index in [-0.39, 0.29) is 0 Å². The Labute approximate surface area is 75.6 Å². The average Bonchev–Trinajstić information content (AvgIpc) is 2.79. The van der Waals surface area contributed by atoms with Gasteiger partial charge in [0.1, 0.15) is 6.54 Å². The molecule has 0 aliphatic rings. The summed E-state index contributed by atoms with van der Waals surface area (Å²) in [4.78, 5) is 0. The molecule has 2 heterocycles.